The van der Waals surface area contributed by atoms with Gasteiger partial charge in [-0.3, -0.25) is 0 Å². The Morgan fingerprint density at radius 3 is 1.46 bits per heavy atom. The molecule has 1 aliphatic rings. The standard InChI is InChI=1S/C24H31PSi/c1-18-19(2)21(4)24(20(18)3)26(5,6)17-25(22-13-9-7-10-14-22)23-15-11-8-12-16-23/h7-16,24H,17H2,1-6H3. The van der Waals surface area contributed by atoms with E-state index in [9.17, 15) is 0 Å². The van der Waals surface area contributed by atoms with E-state index in [1.165, 1.54) is 27.5 Å². The third-order valence-electron chi connectivity index (χ3n) is 6.09. The predicted octanol–water partition coefficient (Wildman–Crippen LogP) is 6.42. The Hall–Kier alpha value is -1.43. The van der Waals surface area contributed by atoms with Crippen molar-refractivity contribution in [3.05, 3.63) is 83.0 Å². The summed E-state index contributed by atoms with van der Waals surface area (Å²) in [7, 11) is -1.80. The summed E-state index contributed by atoms with van der Waals surface area (Å²) >= 11 is 0. The van der Waals surface area contributed by atoms with Crippen molar-refractivity contribution in [2.75, 3.05) is 5.79 Å². The van der Waals surface area contributed by atoms with Gasteiger partial charge in [-0.05, 0) is 68.7 Å². The fraction of sp³-hybridized carbons (Fsp3) is 0.333. The lowest BCUT2D eigenvalue weighted by Gasteiger charge is -2.36. The molecule has 1 aliphatic carbocycles. The van der Waals surface area contributed by atoms with Crippen LogP contribution in [0, 0.1) is 0 Å². The fourth-order valence-electron chi connectivity index (χ4n) is 4.57. The van der Waals surface area contributed by atoms with Gasteiger partial charge in [0.2, 0.25) is 0 Å². The smallest absolute Gasteiger partial charge is 0.0643 e. The van der Waals surface area contributed by atoms with Gasteiger partial charge in [0, 0.05) is 0 Å². The van der Waals surface area contributed by atoms with Crippen molar-refractivity contribution in [2.24, 2.45) is 0 Å². The molecule has 2 aromatic carbocycles. The Morgan fingerprint density at radius 2 is 1.08 bits per heavy atom. The molecular formula is C24H31PSi. The zero-order valence-electron chi connectivity index (χ0n) is 17.0. The molecule has 0 saturated carbocycles. The van der Waals surface area contributed by atoms with Crippen molar-refractivity contribution in [3.8, 4) is 0 Å². The topological polar surface area (TPSA) is 0 Å². The first-order valence-corrected chi connectivity index (χ1v) is 14.4. The van der Waals surface area contributed by atoms with Crippen LogP contribution >= 0.6 is 7.92 Å². The van der Waals surface area contributed by atoms with Crippen LogP contribution < -0.4 is 10.6 Å². The molecule has 3 rings (SSSR count). The molecule has 26 heavy (non-hydrogen) atoms. The maximum absolute atomic E-state index is 2.61. The summed E-state index contributed by atoms with van der Waals surface area (Å²) in [5.41, 5.74) is 7.04. The number of rotatable bonds is 5. The molecular weight excluding hydrogens is 347 g/mol. The quantitative estimate of drug-likeness (QED) is 0.416. The third-order valence-corrected chi connectivity index (χ3v) is 14.9. The van der Waals surface area contributed by atoms with Crippen molar-refractivity contribution in [2.45, 2.75) is 46.3 Å². The largest absolute Gasteiger partial charge is 0.0684 e. The molecule has 0 radical (unpaired) electrons. The van der Waals surface area contributed by atoms with Crippen LogP contribution in [0.2, 0.25) is 18.6 Å². The highest BCUT2D eigenvalue weighted by atomic mass is 31.1. The normalized spacial score (nSPS) is 16.1. The molecule has 0 saturated heterocycles. The van der Waals surface area contributed by atoms with Crippen molar-refractivity contribution >= 4 is 26.6 Å². The fourth-order valence-corrected chi connectivity index (χ4v) is 14.2. The minimum absolute atomic E-state index is 0.305. The molecule has 0 nitrogen and oxygen atoms in total. The number of benzene rings is 2. The highest BCUT2D eigenvalue weighted by molar-refractivity contribution is 7.75. The lowest BCUT2D eigenvalue weighted by Crippen LogP contribution is -2.39. The Morgan fingerprint density at radius 1 is 0.692 bits per heavy atom. The van der Waals surface area contributed by atoms with Gasteiger partial charge in [0.05, 0.1) is 8.07 Å². The summed E-state index contributed by atoms with van der Waals surface area (Å²) in [4.78, 5) is 0. The summed E-state index contributed by atoms with van der Waals surface area (Å²) in [5, 5.41) is 3.04. The van der Waals surface area contributed by atoms with E-state index in [-0.39, 0.29) is 7.92 Å². The molecule has 0 aromatic heterocycles. The van der Waals surface area contributed by atoms with Crippen LogP contribution in [0.1, 0.15) is 27.7 Å². The highest BCUT2D eigenvalue weighted by Gasteiger charge is 2.40. The summed E-state index contributed by atoms with van der Waals surface area (Å²) in [6.07, 6.45) is 0. The van der Waals surface area contributed by atoms with E-state index in [4.69, 9.17) is 0 Å². The molecule has 0 bridgehead atoms. The lowest BCUT2D eigenvalue weighted by atomic mass is 10.1. The average molecular weight is 379 g/mol. The molecule has 0 fully saturated rings. The molecule has 0 aliphatic heterocycles. The van der Waals surface area contributed by atoms with Gasteiger partial charge < -0.3 is 0 Å². The zero-order valence-corrected chi connectivity index (χ0v) is 18.9. The average Bonchev–Trinajstić information content (AvgIpc) is 2.85. The Bertz CT molecular complexity index is 768. The molecule has 0 spiro atoms. The summed E-state index contributed by atoms with van der Waals surface area (Å²) in [5.74, 6) is 1.34. The molecule has 0 unspecified atom stereocenters. The maximum atomic E-state index is 2.61. The van der Waals surface area contributed by atoms with Crippen LogP contribution in [0.25, 0.3) is 0 Å². The summed E-state index contributed by atoms with van der Waals surface area (Å²) in [6.45, 7) is 14.6. The van der Waals surface area contributed by atoms with E-state index < -0.39 is 8.07 Å². The van der Waals surface area contributed by atoms with E-state index >= 15 is 0 Å². The van der Waals surface area contributed by atoms with E-state index in [1.54, 1.807) is 11.1 Å². The van der Waals surface area contributed by atoms with Crippen LogP contribution in [-0.4, -0.2) is 13.9 Å². The van der Waals surface area contributed by atoms with E-state index in [2.05, 4.69) is 101 Å². The number of allylic oxidation sites excluding steroid dienone is 4. The van der Waals surface area contributed by atoms with Gasteiger partial charge in [0.1, 0.15) is 0 Å². The minimum atomic E-state index is -1.50. The summed E-state index contributed by atoms with van der Waals surface area (Å²) in [6, 6.07) is 22.4. The van der Waals surface area contributed by atoms with Crippen molar-refractivity contribution < 1.29 is 0 Å². The van der Waals surface area contributed by atoms with Gasteiger partial charge in [0.15, 0.2) is 0 Å². The number of hydrogen-bond acceptors (Lipinski definition) is 0. The van der Waals surface area contributed by atoms with Crippen LogP contribution in [0.15, 0.2) is 83.0 Å². The molecule has 0 amide bonds. The van der Waals surface area contributed by atoms with Crippen molar-refractivity contribution in [3.63, 3.8) is 0 Å². The van der Waals surface area contributed by atoms with Gasteiger partial charge in [-0.25, -0.2) is 0 Å². The first-order chi connectivity index (χ1) is 12.3. The molecule has 2 heteroatoms. The predicted molar refractivity (Wildman–Crippen MR) is 122 cm³/mol. The lowest BCUT2D eigenvalue weighted by molar-refractivity contribution is 1.06. The van der Waals surface area contributed by atoms with Crippen LogP contribution in [0.4, 0.5) is 0 Å². The van der Waals surface area contributed by atoms with Gasteiger partial charge in [-0.15, -0.1) is 0 Å². The second-order valence-electron chi connectivity index (χ2n) is 8.29. The molecule has 0 atom stereocenters. The molecule has 0 N–H and O–H groups in total. The van der Waals surface area contributed by atoms with Crippen LogP contribution in [-0.2, 0) is 0 Å². The monoisotopic (exact) mass is 378 g/mol. The Balaban J connectivity index is 1.99. The molecule has 2 aromatic rings. The highest BCUT2D eigenvalue weighted by Crippen LogP contribution is 2.50. The van der Waals surface area contributed by atoms with E-state index in [1.807, 2.05) is 0 Å². The first-order valence-electron chi connectivity index (χ1n) is 9.55. The molecule has 136 valence electrons. The van der Waals surface area contributed by atoms with Crippen molar-refractivity contribution in [1.82, 2.24) is 0 Å². The van der Waals surface area contributed by atoms with Gasteiger partial charge in [0.25, 0.3) is 0 Å². The summed E-state index contributed by atoms with van der Waals surface area (Å²) < 4.78 is 0. The zero-order chi connectivity index (χ0) is 18.9. The maximum Gasteiger partial charge on any atom is 0.0643 e. The van der Waals surface area contributed by atoms with Gasteiger partial charge in [-0.1, -0.05) is 84.9 Å². The Kier molecular flexibility index (Phi) is 5.70. The first kappa shape index (κ1) is 19.3. The van der Waals surface area contributed by atoms with E-state index in [0.717, 1.165) is 0 Å². The van der Waals surface area contributed by atoms with Crippen LogP contribution in [0.3, 0.4) is 0 Å². The minimum Gasteiger partial charge on any atom is -0.0684 e. The van der Waals surface area contributed by atoms with Gasteiger partial charge >= 0.3 is 0 Å². The van der Waals surface area contributed by atoms with Gasteiger partial charge in [-0.2, -0.15) is 0 Å². The SMILES string of the molecule is CC1=C(C)C([Si](C)(C)CP(c2ccccc2)c2ccccc2)C(C)=C1C. The second kappa shape index (κ2) is 7.67. The third kappa shape index (κ3) is 3.66. The van der Waals surface area contributed by atoms with E-state index in [0.29, 0.717) is 5.54 Å². The van der Waals surface area contributed by atoms with Crippen LogP contribution in [0.5, 0.6) is 0 Å². The second-order valence-corrected chi connectivity index (χ2v) is 16.0. The number of hydrogen-bond donors (Lipinski definition) is 0. The van der Waals surface area contributed by atoms with Crippen molar-refractivity contribution in [1.29, 1.82) is 0 Å². The Labute approximate surface area is 161 Å². The molecule has 0 heterocycles.